The molecule has 2 rings (SSSR count). The van der Waals surface area contributed by atoms with Crippen molar-refractivity contribution in [3.05, 3.63) is 27.1 Å². The number of nitrogens with zero attached hydrogens (tertiary/aromatic N) is 2. The molecule has 0 amide bonds. The third-order valence-electron chi connectivity index (χ3n) is 3.46. The lowest BCUT2D eigenvalue weighted by atomic mass is 10.2. The average molecular weight is 293 g/mol. The number of hydrogen-bond acceptors (Lipinski definition) is 4. The van der Waals surface area contributed by atoms with E-state index in [1.807, 2.05) is 13.8 Å². The molecule has 0 atom stereocenters. The van der Waals surface area contributed by atoms with Gasteiger partial charge in [0.25, 0.3) is 5.56 Å². The summed E-state index contributed by atoms with van der Waals surface area (Å²) in [7, 11) is 0. The van der Waals surface area contributed by atoms with Crippen molar-refractivity contribution in [3.8, 4) is 0 Å². The Balaban J connectivity index is 2.06. The van der Waals surface area contributed by atoms with E-state index in [1.165, 1.54) is 4.88 Å². The van der Waals surface area contributed by atoms with E-state index in [0.717, 1.165) is 41.8 Å². The summed E-state index contributed by atoms with van der Waals surface area (Å²) in [6, 6.07) is 0. The summed E-state index contributed by atoms with van der Waals surface area (Å²) in [4.78, 5) is 18.9. The maximum Gasteiger partial charge on any atom is 0.262 e. The van der Waals surface area contributed by atoms with Gasteiger partial charge in [-0.1, -0.05) is 13.8 Å². The maximum atomic E-state index is 12.4. The Labute approximate surface area is 123 Å². The first-order valence-electron chi connectivity index (χ1n) is 7.16. The number of aromatic nitrogens is 2. The second-order valence-electron chi connectivity index (χ2n) is 5.66. The van der Waals surface area contributed by atoms with Gasteiger partial charge in [-0.05, 0) is 44.8 Å². The molecule has 2 aromatic rings. The normalized spacial score (nSPS) is 11.7. The van der Waals surface area contributed by atoms with Gasteiger partial charge in [-0.15, -0.1) is 11.3 Å². The first-order valence-corrected chi connectivity index (χ1v) is 7.98. The van der Waals surface area contributed by atoms with E-state index < -0.39 is 0 Å². The van der Waals surface area contributed by atoms with Crippen LogP contribution in [0, 0.1) is 19.8 Å². The second-order valence-corrected chi connectivity index (χ2v) is 6.86. The van der Waals surface area contributed by atoms with Crippen molar-refractivity contribution in [1.82, 2.24) is 14.9 Å². The predicted octanol–water partition coefficient (Wildman–Crippen LogP) is 2.71. The minimum Gasteiger partial charge on any atom is -0.316 e. The second kappa shape index (κ2) is 6.50. The topological polar surface area (TPSA) is 46.9 Å². The molecule has 0 fully saturated rings. The highest BCUT2D eigenvalue weighted by Crippen LogP contribution is 2.25. The van der Waals surface area contributed by atoms with Crippen LogP contribution < -0.4 is 10.9 Å². The molecule has 1 N–H and O–H groups in total. The molecule has 2 aromatic heterocycles. The van der Waals surface area contributed by atoms with Crippen molar-refractivity contribution in [2.24, 2.45) is 5.92 Å². The van der Waals surface area contributed by atoms with Crippen molar-refractivity contribution in [3.63, 3.8) is 0 Å². The highest BCUT2D eigenvalue weighted by Gasteiger charge is 2.11. The fourth-order valence-electron chi connectivity index (χ4n) is 2.19. The van der Waals surface area contributed by atoms with Crippen molar-refractivity contribution >= 4 is 21.6 Å². The van der Waals surface area contributed by atoms with Crippen LogP contribution in [-0.2, 0) is 6.54 Å². The van der Waals surface area contributed by atoms with Crippen molar-refractivity contribution in [2.45, 2.75) is 40.7 Å². The number of rotatable bonds is 6. The van der Waals surface area contributed by atoms with Gasteiger partial charge in [0.05, 0.1) is 11.7 Å². The van der Waals surface area contributed by atoms with Crippen LogP contribution in [0.15, 0.2) is 11.1 Å². The Morgan fingerprint density at radius 3 is 2.85 bits per heavy atom. The molecule has 0 radical (unpaired) electrons. The third kappa shape index (κ3) is 3.27. The van der Waals surface area contributed by atoms with Gasteiger partial charge in [0.15, 0.2) is 0 Å². The molecule has 110 valence electrons. The Hall–Kier alpha value is -1.20. The van der Waals surface area contributed by atoms with E-state index in [2.05, 4.69) is 24.1 Å². The molecular formula is C15H23N3OS. The minimum absolute atomic E-state index is 0.0979. The monoisotopic (exact) mass is 293 g/mol. The Morgan fingerprint density at radius 1 is 1.40 bits per heavy atom. The van der Waals surface area contributed by atoms with Gasteiger partial charge >= 0.3 is 0 Å². The minimum atomic E-state index is 0.0979. The van der Waals surface area contributed by atoms with Gasteiger partial charge in [-0.25, -0.2) is 4.98 Å². The molecule has 5 heteroatoms. The maximum absolute atomic E-state index is 12.4. The van der Waals surface area contributed by atoms with Gasteiger partial charge < -0.3 is 5.32 Å². The molecule has 0 aromatic carbocycles. The van der Waals surface area contributed by atoms with Crippen LogP contribution in [0.2, 0.25) is 0 Å². The number of aryl methyl sites for hydroxylation is 3. The molecule has 0 saturated carbocycles. The van der Waals surface area contributed by atoms with Crippen LogP contribution in [0.25, 0.3) is 10.2 Å². The third-order valence-corrected chi connectivity index (χ3v) is 4.58. The molecule has 0 bridgehead atoms. The summed E-state index contributed by atoms with van der Waals surface area (Å²) in [5.41, 5.74) is 1.18. The molecule has 0 aliphatic carbocycles. The zero-order valence-corrected chi connectivity index (χ0v) is 13.5. The lowest BCUT2D eigenvalue weighted by Crippen LogP contribution is -2.25. The standard InChI is InChI=1S/C15H23N3OS/c1-10(2)8-16-6-5-7-18-9-17-14-13(15(18)19)11(3)12(4)20-14/h9-10,16H,5-8H2,1-4H3. The fourth-order valence-corrected chi connectivity index (χ4v) is 3.18. The number of thiophene rings is 1. The van der Waals surface area contributed by atoms with E-state index >= 15 is 0 Å². The molecule has 0 saturated heterocycles. The Bertz CT molecular complexity index is 642. The van der Waals surface area contributed by atoms with Crippen molar-refractivity contribution < 1.29 is 0 Å². The Morgan fingerprint density at radius 2 is 2.15 bits per heavy atom. The van der Waals surface area contributed by atoms with Crippen LogP contribution in [0.4, 0.5) is 0 Å². The summed E-state index contributed by atoms with van der Waals surface area (Å²) < 4.78 is 1.73. The molecule has 0 aliphatic rings. The SMILES string of the molecule is Cc1sc2ncn(CCCNCC(C)C)c(=O)c2c1C. The molecular weight excluding hydrogens is 270 g/mol. The summed E-state index contributed by atoms with van der Waals surface area (Å²) >= 11 is 1.60. The quantitative estimate of drug-likeness (QED) is 0.833. The predicted molar refractivity (Wildman–Crippen MR) is 85.7 cm³/mol. The molecule has 20 heavy (non-hydrogen) atoms. The number of hydrogen-bond donors (Lipinski definition) is 1. The van der Waals surface area contributed by atoms with Crippen LogP contribution in [0.1, 0.15) is 30.7 Å². The van der Waals surface area contributed by atoms with Gasteiger partial charge in [0, 0.05) is 11.4 Å². The van der Waals surface area contributed by atoms with Gasteiger partial charge in [0.2, 0.25) is 0 Å². The van der Waals surface area contributed by atoms with Crippen molar-refractivity contribution in [1.29, 1.82) is 0 Å². The Kier molecular flexibility index (Phi) is 4.94. The van der Waals surface area contributed by atoms with E-state index in [-0.39, 0.29) is 5.56 Å². The molecule has 4 nitrogen and oxygen atoms in total. The largest absolute Gasteiger partial charge is 0.316 e. The highest BCUT2D eigenvalue weighted by molar-refractivity contribution is 7.18. The molecule has 0 aliphatic heterocycles. The van der Waals surface area contributed by atoms with Crippen LogP contribution >= 0.6 is 11.3 Å². The van der Waals surface area contributed by atoms with Gasteiger partial charge in [0.1, 0.15) is 4.83 Å². The fraction of sp³-hybridized carbons (Fsp3) is 0.600. The van der Waals surface area contributed by atoms with Crippen LogP contribution in [0.5, 0.6) is 0 Å². The summed E-state index contributed by atoms with van der Waals surface area (Å²) in [5.74, 6) is 0.659. The first-order chi connectivity index (χ1) is 9.50. The molecule has 2 heterocycles. The summed E-state index contributed by atoms with van der Waals surface area (Å²) in [6.07, 6.45) is 2.63. The number of fused-ring (bicyclic) bond motifs is 1. The van der Waals surface area contributed by atoms with Crippen molar-refractivity contribution in [2.75, 3.05) is 13.1 Å². The van der Waals surface area contributed by atoms with E-state index in [1.54, 1.807) is 22.2 Å². The van der Waals surface area contributed by atoms with Gasteiger partial charge in [-0.2, -0.15) is 0 Å². The lowest BCUT2D eigenvalue weighted by molar-refractivity contribution is 0.517. The smallest absolute Gasteiger partial charge is 0.262 e. The van der Waals surface area contributed by atoms with Gasteiger partial charge in [-0.3, -0.25) is 9.36 Å². The first kappa shape index (κ1) is 15.2. The van der Waals surface area contributed by atoms with Crippen LogP contribution in [0.3, 0.4) is 0 Å². The highest BCUT2D eigenvalue weighted by atomic mass is 32.1. The molecule has 0 spiro atoms. The average Bonchev–Trinajstić information content (AvgIpc) is 2.68. The van der Waals surface area contributed by atoms with E-state index in [4.69, 9.17) is 0 Å². The molecule has 0 unspecified atom stereocenters. The summed E-state index contributed by atoms with van der Waals surface area (Å²) in [5, 5.41) is 4.19. The zero-order valence-electron chi connectivity index (χ0n) is 12.7. The number of nitrogens with one attached hydrogen (secondary N) is 1. The van der Waals surface area contributed by atoms with E-state index in [0.29, 0.717) is 5.92 Å². The van der Waals surface area contributed by atoms with E-state index in [9.17, 15) is 4.79 Å². The lowest BCUT2D eigenvalue weighted by Gasteiger charge is -2.08. The summed E-state index contributed by atoms with van der Waals surface area (Å²) in [6.45, 7) is 11.1. The zero-order chi connectivity index (χ0) is 14.7. The van der Waals surface area contributed by atoms with Crippen LogP contribution in [-0.4, -0.2) is 22.6 Å².